The number of benzene rings is 1. The van der Waals surface area contributed by atoms with Gasteiger partial charge in [0.25, 0.3) is 0 Å². The van der Waals surface area contributed by atoms with Crippen LogP contribution in [-0.4, -0.2) is 11.7 Å². The second-order valence-corrected chi connectivity index (χ2v) is 4.06. The second-order valence-electron chi connectivity index (χ2n) is 3.03. The molecule has 0 aliphatic rings. The lowest BCUT2D eigenvalue weighted by atomic mass is 10.3. The Balaban J connectivity index is 2.69. The Morgan fingerprint density at radius 2 is 2.40 bits per heavy atom. The van der Waals surface area contributed by atoms with Gasteiger partial charge in [-0.05, 0) is 18.2 Å². The molecule has 2 aromatic rings. The smallest absolute Gasteiger partial charge is 0.183 e. The average molecular weight is 218 g/mol. The lowest BCUT2D eigenvalue weighted by molar-refractivity contribution is 0.415. The summed E-state index contributed by atoms with van der Waals surface area (Å²) in [6.07, 6.45) is 5.26. The highest BCUT2D eigenvalue weighted by Crippen LogP contribution is 2.22. The molecule has 0 aliphatic carbocycles. The standard InChI is InChI=1S/C11H10N2OS/c1-3-6-13-9-5-4-8(14-2)7-10(9)15-11(13)12/h1,4-5,7,12H,6H2,2H3. The molecule has 0 saturated carbocycles. The van der Waals surface area contributed by atoms with E-state index in [1.807, 2.05) is 18.2 Å². The molecule has 2 rings (SSSR count). The van der Waals surface area contributed by atoms with Gasteiger partial charge in [-0.3, -0.25) is 5.41 Å². The van der Waals surface area contributed by atoms with E-state index >= 15 is 0 Å². The lowest BCUT2D eigenvalue weighted by Crippen LogP contribution is -2.11. The number of thiazole rings is 1. The number of hydrogen-bond acceptors (Lipinski definition) is 3. The molecule has 1 N–H and O–H groups in total. The summed E-state index contributed by atoms with van der Waals surface area (Å²) in [4.78, 5) is 0.469. The van der Waals surface area contributed by atoms with Crippen molar-refractivity contribution in [3.63, 3.8) is 0 Å². The van der Waals surface area contributed by atoms with Crippen molar-refractivity contribution in [1.29, 1.82) is 5.41 Å². The molecular formula is C11H10N2OS. The van der Waals surface area contributed by atoms with Crippen LogP contribution in [0.4, 0.5) is 0 Å². The second kappa shape index (κ2) is 3.79. The first-order chi connectivity index (χ1) is 7.26. The minimum atomic E-state index is 0.436. The Kier molecular flexibility index (Phi) is 2.48. The molecule has 0 amide bonds. The number of aromatic nitrogens is 1. The summed E-state index contributed by atoms with van der Waals surface area (Å²) in [6, 6.07) is 5.73. The monoisotopic (exact) mass is 218 g/mol. The van der Waals surface area contributed by atoms with Crippen molar-refractivity contribution in [2.24, 2.45) is 0 Å². The van der Waals surface area contributed by atoms with Crippen LogP contribution in [0.3, 0.4) is 0 Å². The van der Waals surface area contributed by atoms with Gasteiger partial charge in [0, 0.05) is 0 Å². The van der Waals surface area contributed by atoms with Gasteiger partial charge in [0.15, 0.2) is 4.80 Å². The molecule has 0 aliphatic heterocycles. The molecule has 0 bridgehead atoms. The molecule has 4 heteroatoms. The van der Waals surface area contributed by atoms with E-state index in [0.717, 1.165) is 16.0 Å². The first-order valence-electron chi connectivity index (χ1n) is 4.41. The van der Waals surface area contributed by atoms with Gasteiger partial charge >= 0.3 is 0 Å². The fourth-order valence-corrected chi connectivity index (χ4v) is 2.38. The van der Waals surface area contributed by atoms with Crippen LogP contribution in [-0.2, 0) is 6.54 Å². The Labute approximate surface area is 91.4 Å². The Bertz CT molecular complexity index is 589. The summed E-state index contributed by atoms with van der Waals surface area (Å²) >= 11 is 1.40. The number of methoxy groups -OCH3 is 1. The van der Waals surface area contributed by atoms with E-state index in [2.05, 4.69) is 5.92 Å². The van der Waals surface area contributed by atoms with E-state index in [1.54, 1.807) is 11.7 Å². The minimum absolute atomic E-state index is 0.436. The topological polar surface area (TPSA) is 38.0 Å². The van der Waals surface area contributed by atoms with E-state index in [1.165, 1.54) is 11.3 Å². The van der Waals surface area contributed by atoms with Crippen LogP contribution < -0.4 is 9.54 Å². The molecule has 1 aromatic heterocycles. The zero-order valence-corrected chi connectivity index (χ0v) is 9.10. The zero-order valence-electron chi connectivity index (χ0n) is 8.28. The van der Waals surface area contributed by atoms with Crippen molar-refractivity contribution in [2.45, 2.75) is 6.54 Å². The average Bonchev–Trinajstić information content (AvgIpc) is 2.55. The lowest BCUT2D eigenvalue weighted by Gasteiger charge is -2.00. The molecule has 0 unspecified atom stereocenters. The highest BCUT2D eigenvalue weighted by Gasteiger charge is 2.04. The quantitative estimate of drug-likeness (QED) is 0.767. The fourth-order valence-electron chi connectivity index (χ4n) is 1.44. The van der Waals surface area contributed by atoms with Crippen LogP contribution in [0.5, 0.6) is 5.75 Å². The number of fused-ring (bicyclic) bond motifs is 1. The third-order valence-electron chi connectivity index (χ3n) is 2.16. The van der Waals surface area contributed by atoms with E-state index in [0.29, 0.717) is 11.3 Å². The van der Waals surface area contributed by atoms with Gasteiger partial charge in [0.2, 0.25) is 0 Å². The number of hydrogen-bond donors (Lipinski definition) is 1. The maximum atomic E-state index is 7.78. The van der Waals surface area contributed by atoms with Gasteiger partial charge in [-0.15, -0.1) is 6.42 Å². The first-order valence-corrected chi connectivity index (χ1v) is 5.23. The van der Waals surface area contributed by atoms with Gasteiger partial charge in [0.05, 0.1) is 23.9 Å². The number of terminal acetylenes is 1. The van der Waals surface area contributed by atoms with Crippen LogP contribution in [0.15, 0.2) is 18.2 Å². The third-order valence-corrected chi connectivity index (χ3v) is 3.12. The normalized spacial score (nSPS) is 10.1. The van der Waals surface area contributed by atoms with E-state index in [9.17, 15) is 0 Å². The van der Waals surface area contributed by atoms with Crippen LogP contribution in [0.1, 0.15) is 0 Å². The molecular weight excluding hydrogens is 208 g/mol. The molecule has 0 atom stereocenters. The van der Waals surface area contributed by atoms with Crippen molar-refractivity contribution in [3.05, 3.63) is 23.0 Å². The summed E-state index contributed by atoms with van der Waals surface area (Å²) in [6.45, 7) is 0.436. The number of nitrogens with one attached hydrogen (secondary N) is 1. The summed E-state index contributed by atoms with van der Waals surface area (Å²) in [5, 5.41) is 7.78. The molecule has 0 fully saturated rings. The zero-order chi connectivity index (χ0) is 10.8. The van der Waals surface area contributed by atoms with Gasteiger partial charge in [-0.2, -0.15) is 0 Å². The summed E-state index contributed by atoms with van der Waals surface area (Å²) in [5.74, 6) is 3.35. The van der Waals surface area contributed by atoms with Gasteiger partial charge in [0.1, 0.15) is 5.75 Å². The Morgan fingerprint density at radius 3 is 3.07 bits per heavy atom. The van der Waals surface area contributed by atoms with Gasteiger partial charge < -0.3 is 9.30 Å². The Hall–Kier alpha value is -1.73. The SMILES string of the molecule is C#CCn1c(=N)sc2cc(OC)ccc21. The van der Waals surface area contributed by atoms with Crippen molar-refractivity contribution in [3.8, 4) is 18.1 Å². The van der Waals surface area contributed by atoms with E-state index < -0.39 is 0 Å². The predicted molar refractivity (Wildman–Crippen MR) is 61.1 cm³/mol. The highest BCUT2D eigenvalue weighted by molar-refractivity contribution is 7.16. The molecule has 0 spiro atoms. The molecule has 1 aromatic carbocycles. The molecule has 3 nitrogen and oxygen atoms in total. The molecule has 15 heavy (non-hydrogen) atoms. The fraction of sp³-hybridized carbons (Fsp3) is 0.182. The van der Waals surface area contributed by atoms with Crippen molar-refractivity contribution in [2.75, 3.05) is 7.11 Å². The largest absolute Gasteiger partial charge is 0.497 e. The molecule has 0 saturated heterocycles. The maximum Gasteiger partial charge on any atom is 0.183 e. The molecule has 0 radical (unpaired) electrons. The maximum absolute atomic E-state index is 7.78. The molecule has 76 valence electrons. The minimum Gasteiger partial charge on any atom is -0.497 e. The van der Waals surface area contributed by atoms with Crippen LogP contribution in [0, 0.1) is 17.8 Å². The summed E-state index contributed by atoms with van der Waals surface area (Å²) in [5.41, 5.74) is 0.990. The third kappa shape index (κ3) is 1.62. The van der Waals surface area contributed by atoms with Crippen molar-refractivity contribution >= 4 is 21.6 Å². The summed E-state index contributed by atoms with van der Waals surface area (Å²) in [7, 11) is 1.63. The van der Waals surface area contributed by atoms with Gasteiger partial charge in [-0.25, -0.2) is 0 Å². The van der Waals surface area contributed by atoms with E-state index in [4.69, 9.17) is 16.6 Å². The van der Waals surface area contributed by atoms with Crippen molar-refractivity contribution in [1.82, 2.24) is 4.57 Å². The Morgan fingerprint density at radius 1 is 1.60 bits per heavy atom. The molecule has 1 heterocycles. The first kappa shape index (κ1) is 9.81. The predicted octanol–water partition coefficient (Wildman–Crippen LogP) is 1.82. The van der Waals surface area contributed by atoms with Crippen LogP contribution >= 0.6 is 11.3 Å². The van der Waals surface area contributed by atoms with Crippen molar-refractivity contribution < 1.29 is 4.74 Å². The van der Waals surface area contributed by atoms with Crippen LogP contribution in [0.2, 0.25) is 0 Å². The summed E-state index contributed by atoms with van der Waals surface area (Å²) < 4.78 is 7.96. The highest BCUT2D eigenvalue weighted by atomic mass is 32.1. The van der Waals surface area contributed by atoms with Crippen LogP contribution in [0.25, 0.3) is 10.2 Å². The van der Waals surface area contributed by atoms with E-state index in [-0.39, 0.29) is 0 Å². The van der Waals surface area contributed by atoms with Gasteiger partial charge in [-0.1, -0.05) is 17.3 Å². The number of rotatable bonds is 2. The number of nitrogens with zero attached hydrogens (tertiary/aromatic N) is 1. The number of ether oxygens (including phenoxy) is 1.